The molecule has 0 amide bonds. The van der Waals surface area contributed by atoms with Crippen molar-refractivity contribution >= 4 is 0 Å². The van der Waals surface area contributed by atoms with Gasteiger partial charge in [0, 0.05) is 5.41 Å². The van der Waals surface area contributed by atoms with E-state index in [4.69, 9.17) is 9.47 Å². The van der Waals surface area contributed by atoms with E-state index in [-0.39, 0.29) is 0 Å². The summed E-state index contributed by atoms with van der Waals surface area (Å²) in [6.07, 6.45) is 4.32. The summed E-state index contributed by atoms with van der Waals surface area (Å²) in [7, 11) is 0. The molecule has 0 unspecified atom stereocenters. The van der Waals surface area contributed by atoms with E-state index in [1.807, 2.05) is 19.9 Å². The van der Waals surface area contributed by atoms with Crippen molar-refractivity contribution < 1.29 is 9.47 Å². The molecule has 0 radical (unpaired) electrons. The van der Waals surface area contributed by atoms with Crippen molar-refractivity contribution in [3.63, 3.8) is 0 Å². The summed E-state index contributed by atoms with van der Waals surface area (Å²) in [6.45, 7) is 8.88. The van der Waals surface area contributed by atoms with Crippen LogP contribution in [0.2, 0.25) is 0 Å². The van der Waals surface area contributed by atoms with Gasteiger partial charge < -0.3 is 9.47 Å². The smallest absolute Gasteiger partial charge is 0.0886 e. The van der Waals surface area contributed by atoms with E-state index in [1.54, 1.807) is 0 Å². The first-order valence-electron chi connectivity index (χ1n) is 5.06. The second kappa shape index (κ2) is 4.66. The van der Waals surface area contributed by atoms with Crippen LogP contribution in [0.1, 0.15) is 33.6 Å². The molecule has 0 saturated carbocycles. The molecule has 76 valence electrons. The molecule has 2 nitrogen and oxygen atoms in total. The van der Waals surface area contributed by atoms with Gasteiger partial charge in [-0.1, -0.05) is 13.0 Å². The molecule has 1 aliphatic rings. The summed E-state index contributed by atoms with van der Waals surface area (Å²) in [5.74, 6) is 1.02. The Morgan fingerprint density at radius 1 is 1.54 bits per heavy atom. The Balaban J connectivity index is 2.18. The maximum atomic E-state index is 5.53. The Bertz CT molecular complexity index is 175. The molecule has 13 heavy (non-hydrogen) atoms. The number of allylic oxidation sites excluding steroid dienone is 2. The van der Waals surface area contributed by atoms with Gasteiger partial charge in [-0.3, -0.25) is 0 Å². The maximum Gasteiger partial charge on any atom is 0.0886 e. The second-order valence-electron chi connectivity index (χ2n) is 3.84. The van der Waals surface area contributed by atoms with Crippen molar-refractivity contribution in [1.82, 2.24) is 0 Å². The third kappa shape index (κ3) is 2.73. The highest BCUT2D eigenvalue weighted by Crippen LogP contribution is 2.34. The third-order valence-electron chi connectivity index (χ3n) is 2.94. The molecule has 0 atom stereocenters. The standard InChI is InChI=1S/C11H20O2/c1-4-10(3)13-7-6-11(5-2)8-12-9-11/h4H,5-9H2,1-3H3. The summed E-state index contributed by atoms with van der Waals surface area (Å²) in [5.41, 5.74) is 0.425. The van der Waals surface area contributed by atoms with E-state index in [0.717, 1.165) is 32.0 Å². The Morgan fingerprint density at radius 3 is 2.62 bits per heavy atom. The Morgan fingerprint density at radius 2 is 2.23 bits per heavy atom. The summed E-state index contributed by atoms with van der Waals surface area (Å²) in [4.78, 5) is 0. The van der Waals surface area contributed by atoms with Crippen LogP contribution in [0.3, 0.4) is 0 Å². The molecule has 1 heterocycles. The van der Waals surface area contributed by atoms with E-state index in [9.17, 15) is 0 Å². The fraction of sp³-hybridized carbons (Fsp3) is 0.818. The summed E-state index contributed by atoms with van der Waals surface area (Å²) in [6, 6.07) is 0. The molecule has 0 bridgehead atoms. The van der Waals surface area contributed by atoms with Crippen LogP contribution in [0.15, 0.2) is 11.8 Å². The Kier molecular flexibility index (Phi) is 3.79. The van der Waals surface area contributed by atoms with Gasteiger partial charge in [-0.15, -0.1) is 0 Å². The molecular formula is C11H20O2. The van der Waals surface area contributed by atoms with Gasteiger partial charge >= 0.3 is 0 Å². The van der Waals surface area contributed by atoms with Gasteiger partial charge in [0.05, 0.1) is 25.6 Å². The minimum absolute atomic E-state index is 0.425. The molecule has 1 saturated heterocycles. The monoisotopic (exact) mass is 184 g/mol. The van der Waals surface area contributed by atoms with E-state index >= 15 is 0 Å². The van der Waals surface area contributed by atoms with E-state index in [2.05, 4.69) is 6.92 Å². The number of ether oxygens (including phenoxy) is 2. The zero-order valence-corrected chi connectivity index (χ0v) is 8.93. The first-order chi connectivity index (χ1) is 6.22. The largest absolute Gasteiger partial charge is 0.499 e. The van der Waals surface area contributed by atoms with Crippen LogP contribution >= 0.6 is 0 Å². The topological polar surface area (TPSA) is 18.5 Å². The van der Waals surface area contributed by atoms with E-state index in [0.29, 0.717) is 5.41 Å². The predicted octanol–water partition coefficient (Wildman–Crippen LogP) is 2.74. The minimum atomic E-state index is 0.425. The molecule has 1 aliphatic heterocycles. The zero-order valence-electron chi connectivity index (χ0n) is 8.93. The lowest BCUT2D eigenvalue weighted by atomic mass is 9.80. The number of hydrogen-bond acceptors (Lipinski definition) is 2. The molecule has 1 fully saturated rings. The lowest BCUT2D eigenvalue weighted by Crippen LogP contribution is -2.42. The second-order valence-corrected chi connectivity index (χ2v) is 3.84. The van der Waals surface area contributed by atoms with Crippen molar-refractivity contribution in [2.24, 2.45) is 5.41 Å². The van der Waals surface area contributed by atoms with Crippen LogP contribution in [0.4, 0.5) is 0 Å². The fourth-order valence-electron chi connectivity index (χ4n) is 1.43. The molecule has 0 aromatic heterocycles. The van der Waals surface area contributed by atoms with Crippen molar-refractivity contribution in [3.05, 3.63) is 11.8 Å². The molecule has 0 aromatic carbocycles. The minimum Gasteiger partial charge on any atom is -0.499 e. The van der Waals surface area contributed by atoms with Crippen molar-refractivity contribution in [3.8, 4) is 0 Å². The molecule has 0 spiro atoms. The molecule has 0 aliphatic carbocycles. The quantitative estimate of drug-likeness (QED) is 0.612. The summed E-state index contributed by atoms with van der Waals surface area (Å²) < 4.78 is 10.8. The number of hydrogen-bond donors (Lipinski definition) is 0. The molecule has 0 aromatic rings. The maximum absolute atomic E-state index is 5.53. The van der Waals surface area contributed by atoms with Crippen LogP contribution in [0, 0.1) is 5.41 Å². The first kappa shape index (κ1) is 10.6. The lowest BCUT2D eigenvalue weighted by Gasteiger charge is -2.40. The Labute approximate surface area is 80.9 Å². The van der Waals surface area contributed by atoms with Gasteiger partial charge in [0.1, 0.15) is 0 Å². The van der Waals surface area contributed by atoms with Crippen molar-refractivity contribution in [2.45, 2.75) is 33.6 Å². The third-order valence-corrected chi connectivity index (χ3v) is 2.94. The fourth-order valence-corrected chi connectivity index (χ4v) is 1.43. The van der Waals surface area contributed by atoms with Crippen LogP contribution in [-0.2, 0) is 9.47 Å². The SMILES string of the molecule is CC=C(C)OCCC1(CC)COC1. The van der Waals surface area contributed by atoms with Gasteiger partial charge in [-0.25, -0.2) is 0 Å². The van der Waals surface area contributed by atoms with Gasteiger partial charge in [0.15, 0.2) is 0 Å². The van der Waals surface area contributed by atoms with Gasteiger partial charge in [0.25, 0.3) is 0 Å². The Hall–Kier alpha value is -0.500. The van der Waals surface area contributed by atoms with E-state index < -0.39 is 0 Å². The summed E-state index contributed by atoms with van der Waals surface area (Å²) >= 11 is 0. The van der Waals surface area contributed by atoms with Crippen LogP contribution in [0.25, 0.3) is 0 Å². The van der Waals surface area contributed by atoms with E-state index in [1.165, 1.54) is 6.42 Å². The molecule has 2 heteroatoms. The highest BCUT2D eigenvalue weighted by atomic mass is 16.5. The lowest BCUT2D eigenvalue weighted by molar-refractivity contribution is -0.125. The highest BCUT2D eigenvalue weighted by Gasteiger charge is 2.36. The molecular weight excluding hydrogens is 164 g/mol. The van der Waals surface area contributed by atoms with Gasteiger partial charge in [0.2, 0.25) is 0 Å². The average Bonchev–Trinajstić information content (AvgIpc) is 2.09. The predicted molar refractivity (Wildman–Crippen MR) is 53.5 cm³/mol. The van der Waals surface area contributed by atoms with Crippen molar-refractivity contribution in [2.75, 3.05) is 19.8 Å². The zero-order chi connectivity index (χ0) is 9.73. The average molecular weight is 184 g/mol. The first-order valence-corrected chi connectivity index (χ1v) is 5.06. The van der Waals surface area contributed by atoms with Crippen LogP contribution in [-0.4, -0.2) is 19.8 Å². The molecule has 0 N–H and O–H groups in total. The van der Waals surface area contributed by atoms with Crippen molar-refractivity contribution in [1.29, 1.82) is 0 Å². The van der Waals surface area contributed by atoms with Crippen LogP contribution < -0.4 is 0 Å². The normalized spacial score (nSPS) is 21.0. The number of rotatable bonds is 5. The van der Waals surface area contributed by atoms with Gasteiger partial charge in [-0.05, 0) is 26.7 Å². The molecule has 1 rings (SSSR count). The summed E-state index contributed by atoms with van der Waals surface area (Å²) in [5, 5.41) is 0. The van der Waals surface area contributed by atoms with Gasteiger partial charge in [-0.2, -0.15) is 0 Å². The highest BCUT2D eigenvalue weighted by molar-refractivity contribution is 4.87. The van der Waals surface area contributed by atoms with Crippen LogP contribution in [0.5, 0.6) is 0 Å².